The molecule has 1 amide bonds. The molecule has 3 N–H and O–H groups in total. The molecule has 0 saturated carbocycles. The lowest BCUT2D eigenvalue weighted by atomic mass is 9.98. The van der Waals surface area contributed by atoms with Crippen LogP contribution < -0.4 is 15.8 Å². The van der Waals surface area contributed by atoms with E-state index in [9.17, 15) is 4.79 Å². The topological polar surface area (TPSA) is 64.3 Å². The Hall–Kier alpha value is -2.49. The summed E-state index contributed by atoms with van der Waals surface area (Å²) in [6, 6.07) is 13.7. The van der Waals surface area contributed by atoms with Gasteiger partial charge in [-0.3, -0.25) is 4.79 Å². The van der Waals surface area contributed by atoms with Crippen LogP contribution >= 0.6 is 0 Å². The highest BCUT2D eigenvalue weighted by molar-refractivity contribution is 5.80. The number of benzene rings is 2. The van der Waals surface area contributed by atoms with E-state index < -0.39 is 6.10 Å². The fraction of sp³-hybridized carbons (Fsp3) is 0.381. The van der Waals surface area contributed by atoms with Crippen molar-refractivity contribution in [1.82, 2.24) is 5.32 Å². The lowest BCUT2D eigenvalue weighted by Crippen LogP contribution is -2.37. The van der Waals surface area contributed by atoms with E-state index in [1.807, 2.05) is 36.4 Å². The third-order valence-corrected chi connectivity index (χ3v) is 4.24. The Labute approximate surface area is 150 Å². The minimum atomic E-state index is -0.532. The number of anilines is 1. The number of hydrogen-bond donors (Lipinski definition) is 2. The molecular formula is C21H28N2O2. The summed E-state index contributed by atoms with van der Waals surface area (Å²) in [6.07, 6.45) is 0.233. The van der Waals surface area contributed by atoms with Gasteiger partial charge in [-0.05, 0) is 67.1 Å². The minimum absolute atomic E-state index is 0.110. The first kappa shape index (κ1) is 18.8. The quantitative estimate of drug-likeness (QED) is 0.753. The van der Waals surface area contributed by atoms with Crippen LogP contribution in [-0.4, -0.2) is 18.6 Å². The number of hydrogen-bond acceptors (Lipinski definition) is 3. The molecule has 4 heteroatoms. The molecule has 0 heterocycles. The van der Waals surface area contributed by atoms with E-state index in [1.54, 1.807) is 6.92 Å². The van der Waals surface area contributed by atoms with Crippen molar-refractivity contribution in [2.24, 2.45) is 0 Å². The molecule has 0 spiro atoms. The van der Waals surface area contributed by atoms with E-state index in [2.05, 4.69) is 32.2 Å². The summed E-state index contributed by atoms with van der Waals surface area (Å²) in [7, 11) is 0. The molecule has 1 atom stereocenters. The molecule has 0 bridgehead atoms. The fourth-order valence-corrected chi connectivity index (χ4v) is 2.79. The smallest absolute Gasteiger partial charge is 0.260 e. The summed E-state index contributed by atoms with van der Waals surface area (Å²) < 4.78 is 5.78. The third-order valence-electron chi connectivity index (χ3n) is 4.24. The van der Waals surface area contributed by atoms with Gasteiger partial charge < -0.3 is 15.8 Å². The predicted molar refractivity (Wildman–Crippen MR) is 103 cm³/mol. The minimum Gasteiger partial charge on any atom is -0.481 e. The predicted octanol–water partition coefficient (Wildman–Crippen LogP) is 3.83. The number of aryl methyl sites for hydroxylation is 1. The first-order valence-electron chi connectivity index (χ1n) is 8.76. The maximum atomic E-state index is 12.2. The summed E-state index contributed by atoms with van der Waals surface area (Å²) in [5.74, 6) is 1.09. The van der Waals surface area contributed by atoms with E-state index in [0.717, 1.165) is 23.4 Å². The van der Waals surface area contributed by atoms with Crippen LogP contribution in [0.25, 0.3) is 0 Å². The van der Waals surface area contributed by atoms with Crippen molar-refractivity contribution >= 4 is 11.6 Å². The van der Waals surface area contributed by atoms with Gasteiger partial charge in [-0.15, -0.1) is 0 Å². The monoisotopic (exact) mass is 340 g/mol. The molecule has 0 aromatic heterocycles. The molecule has 0 fully saturated rings. The van der Waals surface area contributed by atoms with Crippen LogP contribution in [0.5, 0.6) is 5.75 Å². The van der Waals surface area contributed by atoms with Crippen LogP contribution in [0.4, 0.5) is 5.69 Å². The SMILES string of the molecule is Cc1cc(OC(C)C(=O)NCCc2ccc(N)cc2)ccc1C(C)C. The second-order valence-electron chi connectivity index (χ2n) is 6.72. The highest BCUT2D eigenvalue weighted by Gasteiger charge is 2.15. The molecular weight excluding hydrogens is 312 g/mol. The normalized spacial score (nSPS) is 12.0. The molecule has 0 radical (unpaired) electrons. The maximum absolute atomic E-state index is 12.2. The molecule has 0 aliphatic rings. The Morgan fingerprint density at radius 2 is 1.80 bits per heavy atom. The molecule has 134 valence electrons. The zero-order valence-electron chi connectivity index (χ0n) is 15.5. The van der Waals surface area contributed by atoms with Crippen LogP contribution in [0.2, 0.25) is 0 Å². The molecule has 0 aliphatic heterocycles. The van der Waals surface area contributed by atoms with Crippen molar-refractivity contribution in [2.45, 2.75) is 46.1 Å². The van der Waals surface area contributed by atoms with Crippen molar-refractivity contribution < 1.29 is 9.53 Å². The number of carbonyl (C=O) groups excluding carboxylic acids is 1. The number of amides is 1. The standard InChI is InChI=1S/C21H28N2O2/c1-14(2)20-10-9-19(13-15(20)3)25-16(4)21(24)23-12-11-17-5-7-18(22)8-6-17/h5-10,13-14,16H,11-12,22H2,1-4H3,(H,23,24). The number of ether oxygens (including phenoxy) is 1. The van der Waals surface area contributed by atoms with Crippen LogP contribution in [0, 0.1) is 6.92 Å². The van der Waals surface area contributed by atoms with Crippen LogP contribution in [0.15, 0.2) is 42.5 Å². The molecule has 0 saturated heterocycles. The Bertz CT molecular complexity index is 708. The number of rotatable bonds is 7. The van der Waals surface area contributed by atoms with E-state index in [4.69, 9.17) is 10.5 Å². The second-order valence-corrected chi connectivity index (χ2v) is 6.72. The molecule has 2 aromatic carbocycles. The summed E-state index contributed by atoms with van der Waals surface area (Å²) in [6.45, 7) is 8.74. The highest BCUT2D eigenvalue weighted by Crippen LogP contribution is 2.24. The molecule has 1 unspecified atom stereocenters. The van der Waals surface area contributed by atoms with Crippen LogP contribution in [0.1, 0.15) is 43.4 Å². The van der Waals surface area contributed by atoms with Gasteiger partial charge in [-0.2, -0.15) is 0 Å². The zero-order chi connectivity index (χ0) is 18.4. The Morgan fingerprint density at radius 1 is 1.12 bits per heavy atom. The third kappa shape index (κ3) is 5.52. The summed E-state index contributed by atoms with van der Waals surface area (Å²) in [5, 5.41) is 2.91. The van der Waals surface area contributed by atoms with Crippen molar-refractivity contribution in [3.05, 3.63) is 59.2 Å². The Kier molecular flexibility index (Phi) is 6.45. The van der Waals surface area contributed by atoms with Gasteiger partial charge in [-0.1, -0.05) is 32.0 Å². The summed E-state index contributed by atoms with van der Waals surface area (Å²) in [4.78, 5) is 12.2. The van der Waals surface area contributed by atoms with Gasteiger partial charge in [0.1, 0.15) is 5.75 Å². The second kappa shape index (κ2) is 8.56. The van der Waals surface area contributed by atoms with Gasteiger partial charge >= 0.3 is 0 Å². The molecule has 2 aromatic rings. The van der Waals surface area contributed by atoms with Gasteiger partial charge in [-0.25, -0.2) is 0 Å². The van der Waals surface area contributed by atoms with Crippen LogP contribution in [0.3, 0.4) is 0 Å². The van der Waals surface area contributed by atoms with Gasteiger partial charge in [0.2, 0.25) is 0 Å². The van der Waals surface area contributed by atoms with Crippen molar-refractivity contribution in [1.29, 1.82) is 0 Å². The van der Waals surface area contributed by atoms with Crippen molar-refractivity contribution in [3.8, 4) is 5.75 Å². The molecule has 0 aliphatic carbocycles. The van der Waals surface area contributed by atoms with Crippen molar-refractivity contribution in [3.63, 3.8) is 0 Å². The van der Waals surface area contributed by atoms with E-state index >= 15 is 0 Å². The van der Waals surface area contributed by atoms with Gasteiger partial charge in [0.15, 0.2) is 6.10 Å². The average molecular weight is 340 g/mol. The lowest BCUT2D eigenvalue weighted by molar-refractivity contribution is -0.127. The van der Waals surface area contributed by atoms with Gasteiger partial charge in [0, 0.05) is 12.2 Å². The maximum Gasteiger partial charge on any atom is 0.260 e. The highest BCUT2D eigenvalue weighted by atomic mass is 16.5. The van der Waals surface area contributed by atoms with Crippen LogP contribution in [-0.2, 0) is 11.2 Å². The number of nitrogens with two attached hydrogens (primary N) is 1. The van der Waals surface area contributed by atoms with Gasteiger partial charge in [0.05, 0.1) is 0 Å². The largest absolute Gasteiger partial charge is 0.481 e. The zero-order valence-corrected chi connectivity index (χ0v) is 15.5. The summed E-state index contributed by atoms with van der Waals surface area (Å²) in [5.41, 5.74) is 10.0. The van der Waals surface area contributed by atoms with E-state index in [-0.39, 0.29) is 5.91 Å². The molecule has 2 rings (SSSR count). The van der Waals surface area contributed by atoms with E-state index in [1.165, 1.54) is 11.1 Å². The lowest BCUT2D eigenvalue weighted by Gasteiger charge is -2.17. The number of nitrogen functional groups attached to an aromatic ring is 1. The summed E-state index contributed by atoms with van der Waals surface area (Å²) >= 11 is 0. The Balaban J connectivity index is 1.83. The first-order valence-corrected chi connectivity index (χ1v) is 8.76. The average Bonchev–Trinajstić information content (AvgIpc) is 2.56. The van der Waals surface area contributed by atoms with Gasteiger partial charge in [0.25, 0.3) is 5.91 Å². The Morgan fingerprint density at radius 3 is 2.40 bits per heavy atom. The first-order chi connectivity index (χ1) is 11.9. The fourth-order valence-electron chi connectivity index (χ4n) is 2.79. The van der Waals surface area contributed by atoms with Crippen molar-refractivity contribution in [2.75, 3.05) is 12.3 Å². The van der Waals surface area contributed by atoms with E-state index in [0.29, 0.717) is 12.5 Å². The molecule has 4 nitrogen and oxygen atoms in total. The number of carbonyl (C=O) groups is 1. The number of nitrogens with one attached hydrogen (secondary N) is 1. The molecule has 25 heavy (non-hydrogen) atoms.